The third-order valence-corrected chi connectivity index (χ3v) is 4.62. The van der Waals surface area contributed by atoms with Gasteiger partial charge in [-0.05, 0) is 25.1 Å². The Morgan fingerprint density at radius 2 is 1.95 bits per heavy atom. The molecule has 1 aromatic carbocycles. The van der Waals surface area contributed by atoms with Gasteiger partial charge in [0.2, 0.25) is 0 Å². The van der Waals surface area contributed by atoms with Crippen LogP contribution in [0.1, 0.15) is 18.9 Å². The number of benzene rings is 1. The van der Waals surface area contributed by atoms with Gasteiger partial charge in [-0.1, -0.05) is 6.07 Å². The molecule has 0 aliphatic heterocycles. The highest BCUT2D eigenvalue weighted by Gasteiger charge is 2.33. The molecule has 1 unspecified atom stereocenters. The summed E-state index contributed by atoms with van der Waals surface area (Å²) in [6, 6.07) is 3.25. The standard InChI is InChI=1S/C11H11F3O4S/c1-7(5-10(15)16)19(17,18)9-4-2-3-8(6-9)11(12,13)14/h2-4,6-7H,5H2,1H3,(H,15,16). The number of sulfone groups is 1. The van der Waals surface area contributed by atoms with Crippen molar-refractivity contribution in [1.29, 1.82) is 0 Å². The summed E-state index contributed by atoms with van der Waals surface area (Å²) in [6.45, 7) is 1.14. The SMILES string of the molecule is CC(CC(=O)O)S(=O)(=O)c1cccc(C(F)(F)F)c1. The highest BCUT2D eigenvalue weighted by Crippen LogP contribution is 2.31. The number of aliphatic carboxylic acids is 1. The molecule has 19 heavy (non-hydrogen) atoms. The predicted octanol–water partition coefficient (Wildman–Crippen LogP) is 2.34. The van der Waals surface area contributed by atoms with Crippen LogP contribution in [0.15, 0.2) is 29.2 Å². The second kappa shape index (κ2) is 5.20. The molecule has 0 saturated carbocycles. The molecule has 0 bridgehead atoms. The zero-order valence-electron chi connectivity index (χ0n) is 9.81. The van der Waals surface area contributed by atoms with Crippen molar-refractivity contribution in [3.63, 3.8) is 0 Å². The quantitative estimate of drug-likeness (QED) is 0.925. The Kier molecular flexibility index (Phi) is 4.24. The van der Waals surface area contributed by atoms with Crippen molar-refractivity contribution in [2.45, 2.75) is 29.7 Å². The molecule has 1 rings (SSSR count). The summed E-state index contributed by atoms with van der Waals surface area (Å²) >= 11 is 0. The van der Waals surface area contributed by atoms with E-state index in [9.17, 15) is 26.4 Å². The van der Waals surface area contributed by atoms with Crippen LogP contribution in [0.4, 0.5) is 13.2 Å². The van der Waals surface area contributed by atoms with Crippen molar-refractivity contribution in [3.8, 4) is 0 Å². The predicted molar refractivity (Wildman–Crippen MR) is 60.3 cm³/mol. The van der Waals surface area contributed by atoms with Gasteiger partial charge in [-0.2, -0.15) is 13.2 Å². The first kappa shape index (κ1) is 15.5. The molecule has 8 heteroatoms. The normalized spacial score (nSPS) is 14.1. The Labute approximate surface area is 107 Å². The summed E-state index contributed by atoms with van der Waals surface area (Å²) in [6.07, 6.45) is -5.32. The summed E-state index contributed by atoms with van der Waals surface area (Å²) in [5.41, 5.74) is -1.09. The highest BCUT2D eigenvalue weighted by atomic mass is 32.2. The Hall–Kier alpha value is -1.57. The molecule has 0 aromatic heterocycles. The van der Waals surface area contributed by atoms with Crippen LogP contribution in [-0.2, 0) is 20.8 Å². The van der Waals surface area contributed by atoms with Gasteiger partial charge in [0, 0.05) is 0 Å². The first-order valence-corrected chi connectivity index (χ1v) is 6.72. The zero-order chi connectivity index (χ0) is 14.8. The van der Waals surface area contributed by atoms with E-state index < -0.39 is 44.1 Å². The fourth-order valence-electron chi connectivity index (χ4n) is 1.44. The number of hydrogen-bond donors (Lipinski definition) is 1. The molecule has 0 heterocycles. The van der Waals surface area contributed by atoms with E-state index in [1.54, 1.807) is 0 Å². The van der Waals surface area contributed by atoms with Crippen LogP contribution in [0.3, 0.4) is 0 Å². The number of halogens is 3. The smallest absolute Gasteiger partial charge is 0.416 e. The Bertz CT molecular complexity index is 578. The second-order valence-electron chi connectivity index (χ2n) is 3.98. The molecule has 1 atom stereocenters. The monoisotopic (exact) mass is 296 g/mol. The molecule has 0 aliphatic rings. The van der Waals surface area contributed by atoms with Crippen LogP contribution in [-0.4, -0.2) is 24.7 Å². The van der Waals surface area contributed by atoms with Crippen LogP contribution >= 0.6 is 0 Å². The summed E-state index contributed by atoms with van der Waals surface area (Å²) in [5.74, 6) is -1.33. The van der Waals surface area contributed by atoms with Gasteiger partial charge >= 0.3 is 12.1 Å². The van der Waals surface area contributed by atoms with Crippen LogP contribution in [0, 0.1) is 0 Å². The lowest BCUT2D eigenvalue weighted by Crippen LogP contribution is -2.22. The van der Waals surface area contributed by atoms with Crippen molar-refractivity contribution in [3.05, 3.63) is 29.8 Å². The Morgan fingerprint density at radius 1 is 1.37 bits per heavy atom. The maximum absolute atomic E-state index is 12.5. The van der Waals surface area contributed by atoms with Gasteiger partial charge in [0.1, 0.15) is 0 Å². The first-order chi connectivity index (χ1) is 8.55. The average molecular weight is 296 g/mol. The summed E-state index contributed by atoms with van der Waals surface area (Å²) in [7, 11) is -4.10. The lowest BCUT2D eigenvalue weighted by molar-refractivity contribution is -0.138. The lowest BCUT2D eigenvalue weighted by atomic mass is 10.2. The minimum absolute atomic E-state index is 0.508. The lowest BCUT2D eigenvalue weighted by Gasteiger charge is -2.13. The molecule has 106 valence electrons. The van der Waals surface area contributed by atoms with E-state index in [0.29, 0.717) is 6.07 Å². The van der Waals surface area contributed by atoms with Crippen molar-refractivity contribution in [2.24, 2.45) is 0 Å². The summed E-state index contributed by atoms with van der Waals surface area (Å²) < 4.78 is 61.3. The highest BCUT2D eigenvalue weighted by molar-refractivity contribution is 7.92. The van der Waals surface area contributed by atoms with E-state index >= 15 is 0 Å². The number of hydrogen-bond acceptors (Lipinski definition) is 3. The summed E-state index contributed by atoms with van der Waals surface area (Å²) in [5, 5.41) is 7.24. The van der Waals surface area contributed by atoms with Gasteiger partial charge in [-0.25, -0.2) is 8.42 Å². The van der Waals surface area contributed by atoms with Crippen LogP contribution in [0.2, 0.25) is 0 Å². The molecule has 4 nitrogen and oxygen atoms in total. The van der Waals surface area contributed by atoms with Gasteiger partial charge in [0.05, 0.1) is 22.1 Å². The maximum Gasteiger partial charge on any atom is 0.416 e. The van der Waals surface area contributed by atoms with Gasteiger partial charge < -0.3 is 5.11 Å². The fourth-order valence-corrected chi connectivity index (χ4v) is 2.82. The third kappa shape index (κ3) is 3.69. The van der Waals surface area contributed by atoms with Gasteiger partial charge in [-0.15, -0.1) is 0 Å². The number of carbonyl (C=O) groups is 1. The molecule has 1 N–H and O–H groups in total. The molecule has 0 amide bonds. The van der Waals surface area contributed by atoms with Gasteiger partial charge in [0.15, 0.2) is 9.84 Å². The van der Waals surface area contributed by atoms with E-state index in [1.165, 1.54) is 0 Å². The van der Waals surface area contributed by atoms with Gasteiger partial charge in [-0.3, -0.25) is 4.79 Å². The van der Waals surface area contributed by atoms with E-state index in [0.717, 1.165) is 25.1 Å². The number of rotatable bonds is 4. The third-order valence-electron chi connectivity index (χ3n) is 2.48. The van der Waals surface area contributed by atoms with Crippen molar-refractivity contribution in [1.82, 2.24) is 0 Å². The maximum atomic E-state index is 12.5. The number of alkyl halides is 3. The molecule has 0 aliphatic carbocycles. The molecule has 0 fully saturated rings. The fraction of sp³-hybridized carbons (Fsp3) is 0.364. The number of carboxylic acid groups (broad SMARTS) is 1. The Morgan fingerprint density at radius 3 is 2.42 bits per heavy atom. The topological polar surface area (TPSA) is 71.4 Å². The average Bonchev–Trinajstić information content (AvgIpc) is 2.27. The van der Waals surface area contributed by atoms with Crippen molar-refractivity contribution in [2.75, 3.05) is 0 Å². The molecular weight excluding hydrogens is 285 g/mol. The van der Waals surface area contributed by atoms with E-state index in [-0.39, 0.29) is 0 Å². The first-order valence-electron chi connectivity index (χ1n) is 5.18. The van der Waals surface area contributed by atoms with Gasteiger partial charge in [0.25, 0.3) is 0 Å². The second-order valence-corrected chi connectivity index (χ2v) is 6.35. The molecule has 0 spiro atoms. The van der Waals surface area contributed by atoms with E-state index in [2.05, 4.69) is 0 Å². The zero-order valence-corrected chi connectivity index (χ0v) is 10.6. The van der Waals surface area contributed by atoms with E-state index in [1.807, 2.05) is 0 Å². The van der Waals surface area contributed by atoms with Crippen LogP contribution < -0.4 is 0 Å². The van der Waals surface area contributed by atoms with Crippen LogP contribution in [0.25, 0.3) is 0 Å². The largest absolute Gasteiger partial charge is 0.481 e. The van der Waals surface area contributed by atoms with E-state index in [4.69, 9.17) is 5.11 Å². The number of carboxylic acids is 1. The molecule has 0 radical (unpaired) electrons. The molecular formula is C11H11F3O4S. The van der Waals surface area contributed by atoms with Crippen molar-refractivity contribution < 1.29 is 31.5 Å². The minimum atomic E-state index is -4.65. The Balaban J connectivity index is 3.19. The molecule has 0 saturated heterocycles. The molecule has 1 aromatic rings. The minimum Gasteiger partial charge on any atom is -0.481 e. The summed E-state index contributed by atoms with van der Waals surface area (Å²) in [4.78, 5) is 9.94. The van der Waals surface area contributed by atoms with Crippen LogP contribution in [0.5, 0.6) is 0 Å². The van der Waals surface area contributed by atoms with Crippen molar-refractivity contribution >= 4 is 15.8 Å².